The van der Waals surface area contributed by atoms with Gasteiger partial charge in [0.25, 0.3) is 0 Å². The normalized spacial score (nSPS) is 11.6. The summed E-state index contributed by atoms with van der Waals surface area (Å²) in [4.78, 5) is 27.4. The quantitative estimate of drug-likeness (QED) is 0.380. The van der Waals surface area contributed by atoms with Crippen molar-refractivity contribution < 1.29 is 14.3 Å². The maximum Gasteiger partial charge on any atom is 0.407 e. The number of rotatable bonds is 5. The Labute approximate surface area is 181 Å². The average molecular weight is 410 g/mol. The molecule has 0 saturated heterocycles. The zero-order valence-electron chi connectivity index (χ0n) is 17.2. The van der Waals surface area contributed by atoms with E-state index in [0.29, 0.717) is 25.3 Å². The lowest BCUT2D eigenvalue weighted by molar-refractivity contribution is 0.101. The van der Waals surface area contributed by atoms with Gasteiger partial charge in [-0.2, -0.15) is 0 Å². The fourth-order valence-electron chi connectivity index (χ4n) is 3.72. The molecule has 154 valence electrons. The number of amides is 1. The molecule has 5 heteroatoms. The van der Waals surface area contributed by atoms with Crippen molar-refractivity contribution in [3.8, 4) is 23.0 Å². The molecule has 1 amide bonds. The van der Waals surface area contributed by atoms with Gasteiger partial charge in [-0.1, -0.05) is 60.4 Å². The van der Waals surface area contributed by atoms with E-state index in [4.69, 9.17) is 4.74 Å². The Hall–Kier alpha value is -3.91. The van der Waals surface area contributed by atoms with Gasteiger partial charge in [-0.3, -0.25) is 9.78 Å². The molecule has 0 spiro atoms. The second-order valence-corrected chi connectivity index (χ2v) is 7.29. The molecule has 0 radical (unpaired) electrons. The molecule has 3 aromatic rings. The highest BCUT2D eigenvalue weighted by Gasteiger charge is 2.28. The minimum absolute atomic E-state index is 0.0448. The van der Waals surface area contributed by atoms with Crippen LogP contribution in [0.1, 0.15) is 46.4 Å². The Balaban J connectivity index is 1.27. The molecule has 1 heterocycles. The molecule has 1 aliphatic carbocycles. The van der Waals surface area contributed by atoms with E-state index in [1.165, 1.54) is 29.2 Å². The fraction of sp³-hybridized carbons (Fsp3) is 0.192. The molecule has 0 unspecified atom stereocenters. The highest BCUT2D eigenvalue weighted by atomic mass is 16.5. The fourth-order valence-corrected chi connectivity index (χ4v) is 3.72. The highest BCUT2D eigenvalue weighted by molar-refractivity contribution is 5.92. The number of aromatic nitrogens is 1. The summed E-state index contributed by atoms with van der Waals surface area (Å²) in [5.74, 6) is 5.92. The van der Waals surface area contributed by atoms with Crippen molar-refractivity contribution in [2.45, 2.75) is 19.3 Å². The first-order chi connectivity index (χ1) is 15.1. The van der Waals surface area contributed by atoms with E-state index in [1.54, 1.807) is 18.3 Å². The van der Waals surface area contributed by atoms with Crippen LogP contribution in [0.4, 0.5) is 4.79 Å². The summed E-state index contributed by atoms with van der Waals surface area (Å²) >= 11 is 0. The minimum Gasteiger partial charge on any atom is -0.449 e. The number of benzene rings is 2. The molecule has 5 nitrogen and oxygen atoms in total. The number of ketones is 1. The van der Waals surface area contributed by atoms with Crippen LogP contribution in [0.25, 0.3) is 11.1 Å². The van der Waals surface area contributed by atoms with E-state index < -0.39 is 6.09 Å². The Kier molecular flexibility index (Phi) is 6.09. The van der Waals surface area contributed by atoms with Gasteiger partial charge in [0.05, 0.1) is 0 Å². The number of ether oxygens (including phenoxy) is 1. The van der Waals surface area contributed by atoms with E-state index in [9.17, 15) is 9.59 Å². The lowest BCUT2D eigenvalue weighted by atomic mass is 9.98. The number of fused-ring (bicyclic) bond motifs is 3. The first kappa shape index (κ1) is 20.4. The third-order valence-electron chi connectivity index (χ3n) is 5.22. The molecular formula is C26H22N2O3. The van der Waals surface area contributed by atoms with Crippen LogP contribution < -0.4 is 5.32 Å². The van der Waals surface area contributed by atoms with Gasteiger partial charge in [-0.25, -0.2) is 4.79 Å². The summed E-state index contributed by atoms with van der Waals surface area (Å²) in [6.07, 6.45) is 1.61. The molecule has 4 rings (SSSR count). The standard InChI is InChI=1S/C26H22N2O3/c1-18(29)25-14-13-19(16-28-25)8-6-7-15-27-26(30)31-17-24-22-11-4-2-9-20(22)21-10-3-5-12-23(21)24/h2-5,9-14,16,24H,7,15,17H2,1H3,(H,27,30). The number of Topliss-reactive ketones (excluding diaryl/α,β-unsaturated/α-hetero) is 1. The molecule has 2 aromatic carbocycles. The smallest absolute Gasteiger partial charge is 0.407 e. The van der Waals surface area contributed by atoms with Crippen LogP contribution in [0.5, 0.6) is 0 Å². The van der Waals surface area contributed by atoms with Crippen molar-refractivity contribution in [3.05, 3.63) is 89.2 Å². The molecule has 31 heavy (non-hydrogen) atoms. The molecule has 1 aliphatic rings. The maximum atomic E-state index is 12.1. The number of carbonyl (C=O) groups is 2. The number of pyridine rings is 1. The van der Waals surface area contributed by atoms with Crippen LogP contribution in [0.3, 0.4) is 0 Å². The minimum atomic E-state index is -0.448. The largest absolute Gasteiger partial charge is 0.449 e. The number of nitrogens with one attached hydrogen (secondary N) is 1. The van der Waals surface area contributed by atoms with Gasteiger partial charge in [0.1, 0.15) is 12.3 Å². The van der Waals surface area contributed by atoms with Gasteiger partial charge in [0, 0.05) is 37.6 Å². The summed E-state index contributed by atoms with van der Waals surface area (Å²) < 4.78 is 5.50. The summed E-state index contributed by atoms with van der Waals surface area (Å²) in [5.41, 5.74) is 5.92. The van der Waals surface area contributed by atoms with Gasteiger partial charge in [0.2, 0.25) is 0 Å². The predicted molar refractivity (Wildman–Crippen MR) is 119 cm³/mol. The number of nitrogens with zero attached hydrogens (tertiary/aromatic N) is 1. The lowest BCUT2D eigenvalue weighted by Gasteiger charge is -2.14. The van der Waals surface area contributed by atoms with Crippen LogP contribution in [0.15, 0.2) is 66.9 Å². The van der Waals surface area contributed by atoms with Crippen LogP contribution in [0.2, 0.25) is 0 Å². The maximum absolute atomic E-state index is 12.1. The average Bonchev–Trinajstić information content (AvgIpc) is 3.11. The van der Waals surface area contributed by atoms with Crippen LogP contribution >= 0.6 is 0 Å². The van der Waals surface area contributed by atoms with Crippen LogP contribution in [0, 0.1) is 11.8 Å². The molecule has 0 atom stereocenters. The summed E-state index contributed by atoms with van der Waals surface area (Å²) in [6.45, 7) is 2.16. The van der Waals surface area contributed by atoms with E-state index in [1.807, 2.05) is 24.3 Å². The van der Waals surface area contributed by atoms with Crippen molar-refractivity contribution in [1.29, 1.82) is 0 Å². The molecule has 0 bridgehead atoms. The van der Waals surface area contributed by atoms with Crippen molar-refractivity contribution in [2.75, 3.05) is 13.2 Å². The highest BCUT2D eigenvalue weighted by Crippen LogP contribution is 2.44. The third kappa shape index (κ3) is 4.65. The van der Waals surface area contributed by atoms with Gasteiger partial charge in [-0.15, -0.1) is 0 Å². The monoisotopic (exact) mass is 410 g/mol. The Morgan fingerprint density at radius 3 is 2.29 bits per heavy atom. The van der Waals surface area contributed by atoms with E-state index in [2.05, 4.69) is 46.4 Å². The first-order valence-electron chi connectivity index (χ1n) is 10.2. The zero-order valence-corrected chi connectivity index (χ0v) is 17.2. The number of hydrogen-bond donors (Lipinski definition) is 1. The zero-order chi connectivity index (χ0) is 21.6. The summed E-state index contributed by atoms with van der Waals surface area (Å²) in [7, 11) is 0. The van der Waals surface area contributed by atoms with E-state index in [0.717, 1.165) is 5.56 Å². The van der Waals surface area contributed by atoms with E-state index >= 15 is 0 Å². The second kappa shape index (κ2) is 9.27. The van der Waals surface area contributed by atoms with Crippen LogP contribution in [-0.4, -0.2) is 30.0 Å². The molecule has 0 aliphatic heterocycles. The topological polar surface area (TPSA) is 68.3 Å². The summed E-state index contributed by atoms with van der Waals surface area (Å²) in [5, 5.41) is 2.74. The van der Waals surface area contributed by atoms with Gasteiger partial charge < -0.3 is 10.1 Å². The van der Waals surface area contributed by atoms with Crippen molar-refractivity contribution >= 4 is 11.9 Å². The number of hydrogen-bond acceptors (Lipinski definition) is 4. The lowest BCUT2D eigenvalue weighted by Crippen LogP contribution is -2.26. The second-order valence-electron chi connectivity index (χ2n) is 7.29. The molecule has 0 saturated carbocycles. The molecule has 0 fully saturated rings. The van der Waals surface area contributed by atoms with Gasteiger partial charge in [0.15, 0.2) is 5.78 Å². The van der Waals surface area contributed by atoms with Crippen molar-refractivity contribution in [2.24, 2.45) is 0 Å². The molecule has 1 N–H and O–H groups in total. The molecule has 1 aromatic heterocycles. The van der Waals surface area contributed by atoms with Gasteiger partial charge >= 0.3 is 6.09 Å². The molecular weight excluding hydrogens is 388 g/mol. The Bertz CT molecular complexity index is 1130. The number of alkyl carbamates (subject to hydrolysis) is 1. The first-order valence-corrected chi connectivity index (χ1v) is 10.2. The van der Waals surface area contributed by atoms with Crippen molar-refractivity contribution in [3.63, 3.8) is 0 Å². The Morgan fingerprint density at radius 2 is 1.68 bits per heavy atom. The van der Waals surface area contributed by atoms with Crippen LogP contribution in [-0.2, 0) is 4.74 Å². The van der Waals surface area contributed by atoms with E-state index in [-0.39, 0.29) is 11.7 Å². The van der Waals surface area contributed by atoms with Crippen molar-refractivity contribution in [1.82, 2.24) is 10.3 Å². The predicted octanol–water partition coefficient (Wildman–Crippen LogP) is 4.56. The SMILES string of the molecule is CC(=O)c1ccc(C#CCCNC(=O)OCC2c3ccccc3-c3ccccc32)cn1. The third-order valence-corrected chi connectivity index (χ3v) is 5.22. The Morgan fingerprint density at radius 1 is 1.00 bits per heavy atom. The number of carbonyl (C=O) groups excluding carboxylic acids is 2. The summed E-state index contributed by atoms with van der Waals surface area (Å²) in [6, 6.07) is 19.9. The van der Waals surface area contributed by atoms with Gasteiger partial charge in [-0.05, 0) is 34.4 Å².